The van der Waals surface area contributed by atoms with Crippen LogP contribution < -0.4 is 10.2 Å². The molecular formula is C17H27FN2O. The molecule has 118 valence electrons. The van der Waals surface area contributed by atoms with Crippen LogP contribution in [-0.2, 0) is 11.3 Å². The molecular weight excluding hydrogens is 267 g/mol. The minimum atomic E-state index is -0.135. The van der Waals surface area contributed by atoms with Gasteiger partial charge in [-0.2, -0.15) is 0 Å². The van der Waals surface area contributed by atoms with Gasteiger partial charge in [0, 0.05) is 43.5 Å². The molecule has 0 saturated carbocycles. The van der Waals surface area contributed by atoms with Crippen LogP contribution in [0.3, 0.4) is 0 Å². The Labute approximate surface area is 127 Å². The van der Waals surface area contributed by atoms with Gasteiger partial charge in [-0.25, -0.2) is 4.39 Å². The van der Waals surface area contributed by atoms with Gasteiger partial charge in [-0.15, -0.1) is 0 Å². The lowest BCUT2D eigenvalue weighted by atomic mass is 10.0. The van der Waals surface area contributed by atoms with Gasteiger partial charge in [0.1, 0.15) is 5.82 Å². The van der Waals surface area contributed by atoms with Crippen molar-refractivity contribution >= 4 is 5.69 Å². The van der Waals surface area contributed by atoms with E-state index in [0.29, 0.717) is 6.54 Å². The standard InChI is InChI=1S/C17H27FN2O/c1-17(2,3)19-11-14-15(18)8-5-9-16(14)20-10-6-7-13(12-20)21-4/h5,8-9,13,19H,6-7,10-12H2,1-4H3. The number of hydrogen-bond donors (Lipinski definition) is 1. The molecule has 1 unspecified atom stereocenters. The number of hydrogen-bond acceptors (Lipinski definition) is 3. The average Bonchev–Trinajstić information content (AvgIpc) is 2.45. The van der Waals surface area contributed by atoms with Crippen molar-refractivity contribution in [1.82, 2.24) is 5.32 Å². The summed E-state index contributed by atoms with van der Waals surface area (Å²) >= 11 is 0. The number of benzene rings is 1. The number of rotatable bonds is 4. The Balaban J connectivity index is 2.20. The third-order valence-electron chi connectivity index (χ3n) is 3.94. The first-order valence-electron chi connectivity index (χ1n) is 7.71. The largest absolute Gasteiger partial charge is 0.380 e. The Bertz CT molecular complexity index is 470. The van der Waals surface area contributed by atoms with Crippen LogP contribution in [0.2, 0.25) is 0 Å². The van der Waals surface area contributed by atoms with Crippen molar-refractivity contribution in [2.24, 2.45) is 0 Å². The molecule has 1 aliphatic heterocycles. The van der Waals surface area contributed by atoms with Crippen molar-refractivity contribution in [2.45, 2.75) is 51.8 Å². The highest BCUT2D eigenvalue weighted by molar-refractivity contribution is 5.54. The number of halogens is 1. The SMILES string of the molecule is COC1CCCN(c2cccc(F)c2CNC(C)(C)C)C1. The molecule has 1 heterocycles. The molecule has 0 aromatic heterocycles. The Morgan fingerprint density at radius 1 is 1.38 bits per heavy atom. The van der Waals surface area contributed by atoms with Crippen LogP contribution in [0.4, 0.5) is 10.1 Å². The summed E-state index contributed by atoms with van der Waals surface area (Å²) in [6, 6.07) is 5.35. The minimum absolute atomic E-state index is 0.0312. The monoisotopic (exact) mass is 294 g/mol. The number of piperidine rings is 1. The van der Waals surface area contributed by atoms with Crippen molar-refractivity contribution in [2.75, 3.05) is 25.1 Å². The zero-order chi connectivity index (χ0) is 15.5. The number of nitrogens with one attached hydrogen (secondary N) is 1. The highest BCUT2D eigenvalue weighted by Crippen LogP contribution is 2.27. The van der Waals surface area contributed by atoms with Gasteiger partial charge in [0.25, 0.3) is 0 Å². The molecule has 0 aliphatic carbocycles. The van der Waals surface area contributed by atoms with Crippen LogP contribution in [-0.4, -0.2) is 31.8 Å². The zero-order valence-corrected chi connectivity index (χ0v) is 13.6. The molecule has 0 bridgehead atoms. The lowest BCUT2D eigenvalue weighted by Crippen LogP contribution is -2.41. The Morgan fingerprint density at radius 3 is 2.81 bits per heavy atom. The van der Waals surface area contributed by atoms with Crippen molar-refractivity contribution in [3.63, 3.8) is 0 Å². The van der Waals surface area contributed by atoms with Crippen LogP contribution in [0.15, 0.2) is 18.2 Å². The van der Waals surface area contributed by atoms with Gasteiger partial charge < -0.3 is 15.0 Å². The van der Waals surface area contributed by atoms with Gasteiger partial charge in [-0.05, 0) is 45.7 Å². The number of ether oxygens (including phenoxy) is 1. The topological polar surface area (TPSA) is 24.5 Å². The van der Waals surface area contributed by atoms with Gasteiger partial charge in [0.15, 0.2) is 0 Å². The first-order valence-corrected chi connectivity index (χ1v) is 7.71. The normalized spacial score (nSPS) is 19.9. The Morgan fingerprint density at radius 2 is 2.14 bits per heavy atom. The Kier molecular flexibility index (Phi) is 5.22. The molecule has 3 nitrogen and oxygen atoms in total. The molecule has 21 heavy (non-hydrogen) atoms. The number of nitrogens with zero attached hydrogens (tertiary/aromatic N) is 1. The average molecular weight is 294 g/mol. The summed E-state index contributed by atoms with van der Waals surface area (Å²) in [6.07, 6.45) is 2.41. The molecule has 1 saturated heterocycles. The van der Waals surface area contributed by atoms with Crippen molar-refractivity contribution in [3.05, 3.63) is 29.6 Å². The second-order valence-electron chi connectivity index (χ2n) is 6.79. The van der Waals surface area contributed by atoms with E-state index in [1.807, 2.05) is 6.07 Å². The van der Waals surface area contributed by atoms with Crippen molar-refractivity contribution in [3.8, 4) is 0 Å². The highest BCUT2D eigenvalue weighted by atomic mass is 19.1. The Hall–Kier alpha value is -1.13. The summed E-state index contributed by atoms with van der Waals surface area (Å²) in [7, 11) is 1.75. The summed E-state index contributed by atoms with van der Waals surface area (Å²) < 4.78 is 19.7. The predicted molar refractivity (Wildman–Crippen MR) is 85.2 cm³/mol. The summed E-state index contributed by atoms with van der Waals surface area (Å²) in [6.45, 7) is 8.62. The fourth-order valence-corrected chi connectivity index (χ4v) is 2.72. The molecule has 1 aliphatic rings. The molecule has 1 atom stereocenters. The predicted octanol–water partition coefficient (Wildman–Crippen LogP) is 3.33. The van der Waals surface area contributed by atoms with E-state index in [1.165, 1.54) is 0 Å². The second kappa shape index (κ2) is 6.75. The fourth-order valence-electron chi connectivity index (χ4n) is 2.72. The van der Waals surface area contributed by atoms with Gasteiger partial charge in [0.2, 0.25) is 0 Å². The van der Waals surface area contributed by atoms with Crippen molar-refractivity contribution in [1.29, 1.82) is 0 Å². The van der Waals surface area contributed by atoms with E-state index in [9.17, 15) is 4.39 Å². The first kappa shape index (κ1) is 16.2. The molecule has 2 rings (SSSR count). The van der Waals surface area contributed by atoms with Crippen LogP contribution >= 0.6 is 0 Å². The maximum absolute atomic E-state index is 14.3. The van der Waals surface area contributed by atoms with E-state index in [0.717, 1.165) is 37.2 Å². The number of anilines is 1. The molecule has 1 aromatic rings. The summed E-state index contributed by atoms with van der Waals surface area (Å²) in [5, 5.41) is 3.39. The lowest BCUT2D eigenvalue weighted by molar-refractivity contribution is 0.0892. The van der Waals surface area contributed by atoms with E-state index >= 15 is 0 Å². The lowest BCUT2D eigenvalue weighted by Gasteiger charge is -2.35. The summed E-state index contributed by atoms with van der Waals surface area (Å²) in [5.41, 5.74) is 1.72. The van der Waals surface area contributed by atoms with Gasteiger partial charge in [-0.3, -0.25) is 0 Å². The van der Waals surface area contributed by atoms with E-state index in [4.69, 9.17) is 4.74 Å². The molecule has 1 N–H and O–H groups in total. The summed E-state index contributed by atoms with van der Waals surface area (Å²) in [5.74, 6) is -0.135. The van der Waals surface area contributed by atoms with Crippen LogP contribution in [0.25, 0.3) is 0 Å². The first-order chi connectivity index (χ1) is 9.90. The van der Waals surface area contributed by atoms with E-state index in [1.54, 1.807) is 19.2 Å². The van der Waals surface area contributed by atoms with E-state index in [2.05, 4.69) is 31.0 Å². The molecule has 0 spiro atoms. The third kappa shape index (κ3) is 4.42. The molecule has 0 radical (unpaired) electrons. The molecule has 1 fully saturated rings. The fraction of sp³-hybridized carbons (Fsp3) is 0.647. The van der Waals surface area contributed by atoms with Crippen molar-refractivity contribution < 1.29 is 9.13 Å². The van der Waals surface area contributed by atoms with E-state index < -0.39 is 0 Å². The smallest absolute Gasteiger partial charge is 0.129 e. The van der Waals surface area contributed by atoms with Crippen LogP contribution in [0.1, 0.15) is 39.2 Å². The summed E-state index contributed by atoms with van der Waals surface area (Å²) in [4.78, 5) is 2.25. The number of methoxy groups -OCH3 is 1. The minimum Gasteiger partial charge on any atom is -0.380 e. The molecule has 0 amide bonds. The highest BCUT2D eigenvalue weighted by Gasteiger charge is 2.23. The maximum atomic E-state index is 14.3. The second-order valence-corrected chi connectivity index (χ2v) is 6.79. The van der Waals surface area contributed by atoms with Gasteiger partial charge >= 0.3 is 0 Å². The van der Waals surface area contributed by atoms with Gasteiger partial charge in [0.05, 0.1) is 6.10 Å². The van der Waals surface area contributed by atoms with Gasteiger partial charge in [-0.1, -0.05) is 6.07 Å². The zero-order valence-electron chi connectivity index (χ0n) is 13.6. The molecule has 1 aromatic carbocycles. The van der Waals surface area contributed by atoms with E-state index in [-0.39, 0.29) is 17.5 Å². The third-order valence-corrected chi connectivity index (χ3v) is 3.94. The maximum Gasteiger partial charge on any atom is 0.129 e. The molecule has 4 heteroatoms. The quantitative estimate of drug-likeness (QED) is 0.922. The van der Waals surface area contributed by atoms with Crippen LogP contribution in [0.5, 0.6) is 0 Å². The van der Waals surface area contributed by atoms with Crippen LogP contribution in [0, 0.1) is 5.82 Å².